The summed E-state index contributed by atoms with van der Waals surface area (Å²) < 4.78 is 6.44. The molecule has 2 aromatic carbocycles. The van der Waals surface area contributed by atoms with Gasteiger partial charge in [0.05, 0.1) is 5.69 Å². The number of allylic oxidation sites excluding steroid dienone is 1. The molecular weight excluding hydrogens is 330 g/mol. The molecule has 2 heteroatoms. The molecule has 0 N–H and O–H groups in total. The highest BCUT2D eigenvalue weighted by molar-refractivity contribution is 6.09. The van der Waals surface area contributed by atoms with Crippen LogP contribution in [-0.4, -0.2) is 6.04 Å². The van der Waals surface area contributed by atoms with Crippen molar-refractivity contribution in [3.63, 3.8) is 0 Å². The standard InChI is InChI=1S/C25H33NO/c1-7-16-25(6,9-3)21-15-14-20-19-12-10-11-13-22(19)27-24(20)23(21)26(17-8-2)18(4)5/h8,10-15,17-18H,7,9,16H2,1-6H3/b17-8-. The third kappa shape index (κ3) is 3.38. The van der Waals surface area contributed by atoms with Crippen molar-refractivity contribution in [1.82, 2.24) is 0 Å². The third-order valence-electron chi connectivity index (χ3n) is 5.88. The van der Waals surface area contributed by atoms with Gasteiger partial charge in [-0.25, -0.2) is 0 Å². The lowest BCUT2D eigenvalue weighted by Crippen LogP contribution is -2.30. The quantitative estimate of drug-likeness (QED) is 0.425. The summed E-state index contributed by atoms with van der Waals surface area (Å²) in [5.74, 6) is 0. The maximum absolute atomic E-state index is 6.44. The first-order chi connectivity index (χ1) is 13.0. The largest absolute Gasteiger partial charge is 0.454 e. The van der Waals surface area contributed by atoms with Gasteiger partial charge >= 0.3 is 0 Å². The van der Waals surface area contributed by atoms with Crippen LogP contribution in [0.3, 0.4) is 0 Å². The predicted molar refractivity (Wildman–Crippen MR) is 119 cm³/mol. The second kappa shape index (κ2) is 7.80. The molecule has 1 heterocycles. The van der Waals surface area contributed by atoms with Crippen molar-refractivity contribution < 1.29 is 4.42 Å². The smallest absolute Gasteiger partial charge is 0.159 e. The Labute approximate surface area is 163 Å². The fourth-order valence-corrected chi connectivity index (χ4v) is 4.24. The van der Waals surface area contributed by atoms with Crippen LogP contribution in [0.4, 0.5) is 5.69 Å². The van der Waals surface area contributed by atoms with Gasteiger partial charge in [-0.2, -0.15) is 0 Å². The fraction of sp³-hybridized carbons (Fsp3) is 0.440. The zero-order valence-corrected chi connectivity index (χ0v) is 17.7. The molecule has 0 aliphatic rings. The van der Waals surface area contributed by atoms with Gasteiger partial charge in [0.1, 0.15) is 5.58 Å². The molecule has 0 saturated heterocycles. The van der Waals surface area contributed by atoms with E-state index in [0.717, 1.165) is 17.6 Å². The van der Waals surface area contributed by atoms with E-state index in [1.165, 1.54) is 34.9 Å². The Bertz CT molecular complexity index is 950. The molecule has 0 spiro atoms. The summed E-state index contributed by atoms with van der Waals surface area (Å²) in [4.78, 5) is 2.38. The molecule has 3 rings (SSSR count). The van der Waals surface area contributed by atoms with Crippen LogP contribution >= 0.6 is 0 Å². The molecule has 3 aromatic rings. The number of nitrogens with zero attached hydrogens (tertiary/aromatic N) is 1. The summed E-state index contributed by atoms with van der Waals surface area (Å²) >= 11 is 0. The topological polar surface area (TPSA) is 16.4 Å². The number of hydrogen-bond donors (Lipinski definition) is 0. The zero-order chi connectivity index (χ0) is 19.6. The van der Waals surface area contributed by atoms with Gasteiger partial charge in [0.15, 0.2) is 5.58 Å². The minimum Gasteiger partial charge on any atom is -0.454 e. The van der Waals surface area contributed by atoms with Crippen molar-refractivity contribution >= 4 is 27.6 Å². The van der Waals surface area contributed by atoms with E-state index < -0.39 is 0 Å². The van der Waals surface area contributed by atoms with E-state index in [1.54, 1.807) is 0 Å². The highest BCUT2D eigenvalue weighted by Crippen LogP contribution is 2.45. The first-order valence-electron chi connectivity index (χ1n) is 10.3. The monoisotopic (exact) mass is 363 g/mol. The van der Waals surface area contributed by atoms with Crippen molar-refractivity contribution in [2.24, 2.45) is 0 Å². The average Bonchev–Trinajstić information content (AvgIpc) is 3.04. The summed E-state index contributed by atoms with van der Waals surface area (Å²) in [5, 5.41) is 2.40. The van der Waals surface area contributed by atoms with E-state index >= 15 is 0 Å². The Morgan fingerprint density at radius 1 is 1.07 bits per heavy atom. The molecule has 0 amide bonds. The Morgan fingerprint density at radius 3 is 2.44 bits per heavy atom. The van der Waals surface area contributed by atoms with Gasteiger partial charge in [0.25, 0.3) is 0 Å². The first-order valence-corrected chi connectivity index (χ1v) is 10.3. The second-order valence-electron chi connectivity index (χ2n) is 8.08. The van der Waals surface area contributed by atoms with Crippen LogP contribution < -0.4 is 4.90 Å². The first kappa shape index (κ1) is 19.5. The minimum atomic E-state index is 0.131. The summed E-state index contributed by atoms with van der Waals surface area (Å²) in [7, 11) is 0. The Hall–Kier alpha value is -2.22. The molecular formula is C25H33NO. The second-order valence-corrected chi connectivity index (χ2v) is 8.08. The molecule has 0 aliphatic carbocycles. The highest BCUT2D eigenvalue weighted by Gasteiger charge is 2.31. The van der Waals surface area contributed by atoms with Gasteiger partial charge in [-0.3, -0.25) is 0 Å². The van der Waals surface area contributed by atoms with E-state index in [4.69, 9.17) is 4.42 Å². The van der Waals surface area contributed by atoms with Crippen molar-refractivity contribution in [1.29, 1.82) is 0 Å². The van der Waals surface area contributed by atoms with Crippen molar-refractivity contribution in [3.05, 3.63) is 54.2 Å². The Balaban J connectivity index is 2.41. The molecule has 2 nitrogen and oxygen atoms in total. The van der Waals surface area contributed by atoms with Gasteiger partial charge in [0, 0.05) is 23.0 Å². The third-order valence-corrected chi connectivity index (χ3v) is 5.88. The van der Waals surface area contributed by atoms with Crippen molar-refractivity contribution in [3.8, 4) is 0 Å². The molecule has 144 valence electrons. The molecule has 1 aromatic heterocycles. The molecule has 27 heavy (non-hydrogen) atoms. The Kier molecular flexibility index (Phi) is 5.64. The van der Waals surface area contributed by atoms with Crippen LogP contribution in [-0.2, 0) is 5.41 Å². The van der Waals surface area contributed by atoms with E-state index in [0.29, 0.717) is 6.04 Å². The van der Waals surface area contributed by atoms with Gasteiger partial charge in [-0.1, -0.05) is 63.6 Å². The predicted octanol–water partition coefficient (Wildman–Crippen LogP) is 7.80. The lowest BCUT2D eigenvalue weighted by atomic mass is 9.75. The van der Waals surface area contributed by atoms with E-state index in [1.807, 2.05) is 6.07 Å². The SMILES string of the molecule is C/C=C\N(c1c(C(C)(CC)CCC)ccc2c1oc1ccccc12)C(C)C. The van der Waals surface area contributed by atoms with E-state index in [2.05, 4.69) is 89.1 Å². The number of hydrogen-bond acceptors (Lipinski definition) is 2. The molecule has 0 fully saturated rings. The summed E-state index contributed by atoms with van der Waals surface area (Å²) in [6.07, 6.45) is 7.77. The Morgan fingerprint density at radius 2 is 1.81 bits per heavy atom. The molecule has 0 bridgehead atoms. The van der Waals surface area contributed by atoms with E-state index in [-0.39, 0.29) is 5.41 Å². The molecule has 1 unspecified atom stereocenters. The maximum atomic E-state index is 6.44. The lowest BCUT2D eigenvalue weighted by Gasteiger charge is -2.35. The number of anilines is 1. The highest BCUT2D eigenvalue weighted by atomic mass is 16.3. The number of furan rings is 1. The summed E-state index contributed by atoms with van der Waals surface area (Å²) in [5.41, 5.74) is 4.73. The molecule has 0 saturated carbocycles. The normalized spacial score (nSPS) is 14.5. The molecule has 1 atom stereocenters. The van der Waals surface area contributed by atoms with Gasteiger partial charge < -0.3 is 9.32 Å². The van der Waals surface area contributed by atoms with Crippen molar-refractivity contribution in [2.45, 2.75) is 72.3 Å². The number of rotatable bonds is 7. The van der Waals surface area contributed by atoms with Crippen LogP contribution in [0, 0.1) is 0 Å². The van der Waals surface area contributed by atoms with Crippen LogP contribution in [0.2, 0.25) is 0 Å². The zero-order valence-electron chi connectivity index (χ0n) is 17.7. The summed E-state index contributed by atoms with van der Waals surface area (Å²) in [6.45, 7) is 13.6. The van der Waals surface area contributed by atoms with Gasteiger partial charge in [-0.05, 0) is 50.7 Å². The van der Waals surface area contributed by atoms with Gasteiger partial charge in [0.2, 0.25) is 0 Å². The van der Waals surface area contributed by atoms with Crippen molar-refractivity contribution in [2.75, 3.05) is 4.90 Å². The average molecular weight is 364 g/mol. The van der Waals surface area contributed by atoms with Crippen LogP contribution in [0.25, 0.3) is 21.9 Å². The minimum absolute atomic E-state index is 0.131. The van der Waals surface area contributed by atoms with Gasteiger partial charge in [-0.15, -0.1) is 0 Å². The molecule has 0 radical (unpaired) electrons. The lowest BCUT2D eigenvalue weighted by molar-refractivity contribution is 0.413. The van der Waals surface area contributed by atoms with Crippen LogP contribution in [0.15, 0.2) is 53.1 Å². The fourth-order valence-electron chi connectivity index (χ4n) is 4.24. The maximum Gasteiger partial charge on any atom is 0.159 e. The number of fused-ring (bicyclic) bond motifs is 3. The summed E-state index contributed by atoms with van der Waals surface area (Å²) in [6, 6.07) is 13.3. The van der Waals surface area contributed by atoms with Crippen LogP contribution in [0.1, 0.15) is 66.4 Å². The van der Waals surface area contributed by atoms with Crippen LogP contribution in [0.5, 0.6) is 0 Å². The molecule has 0 aliphatic heterocycles. The number of benzene rings is 2. The number of para-hydroxylation sites is 1. The van der Waals surface area contributed by atoms with E-state index in [9.17, 15) is 0 Å².